The summed E-state index contributed by atoms with van der Waals surface area (Å²) in [5, 5.41) is 6.85. The van der Waals surface area contributed by atoms with Crippen LogP contribution in [0.1, 0.15) is 0 Å². The minimum absolute atomic E-state index is 0.842. The molecule has 52 heavy (non-hydrogen) atoms. The number of para-hydroxylation sites is 3. The first kappa shape index (κ1) is 29.1. The lowest BCUT2D eigenvalue weighted by molar-refractivity contribution is 0.668. The monoisotopic (exact) mass is 683 g/mol. The zero-order valence-electron chi connectivity index (χ0n) is 27.9. The van der Waals surface area contributed by atoms with E-state index in [2.05, 4.69) is 163 Å². The molecule has 0 atom stereocenters. The molecule has 0 aliphatic heterocycles. The summed E-state index contributed by atoms with van der Waals surface area (Å²) >= 11 is 1.84. The number of furan rings is 2. The predicted octanol–water partition coefficient (Wildman–Crippen LogP) is 14.7. The van der Waals surface area contributed by atoms with Crippen LogP contribution in [0.4, 0.5) is 17.1 Å². The Kier molecular flexibility index (Phi) is 6.42. The second-order valence-corrected chi connectivity index (χ2v) is 14.3. The molecule has 0 fully saturated rings. The van der Waals surface area contributed by atoms with Crippen LogP contribution in [0.5, 0.6) is 0 Å². The van der Waals surface area contributed by atoms with E-state index < -0.39 is 0 Å². The lowest BCUT2D eigenvalue weighted by Crippen LogP contribution is -2.10. The lowest BCUT2D eigenvalue weighted by atomic mass is 10.0. The van der Waals surface area contributed by atoms with Crippen molar-refractivity contribution in [3.63, 3.8) is 0 Å². The summed E-state index contributed by atoms with van der Waals surface area (Å²) in [6.45, 7) is 0. The molecule has 0 radical (unpaired) electrons. The van der Waals surface area contributed by atoms with Crippen LogP contribution in [-0.4, -0.2) is 0 Å². The van der Waals surface area contributed by atoms with Crippen molar-refractivity contribution in [2.24, 2.45) is 0 Å². The van der Waals surface area contributed by atoms with Gasteiger partial charge in [0.15, 0.2) is 5.58 Å². The van der Waals surface area contributed by atoms with E-state index in [0.29, 0.717) is 0 Å². The normalized spacial score (nSPS) is 11.8. The van der Waals surface area contributed by atoms with Crippen LogP contribution < -0.4 is 4.90 Å². The summed E-state index contributed by atoms with van der Waals surface area (Å²) in [7, 11) is 0. The fraction of sp³-hybridized carbons (Fsp3) is 0. The van der Waals surface area contributed by atoms with Gasteiger partial charge in [0.25, 0.3) is 0 Å². The Hall–Kier alpha value is -6.62. The lowest BCUT2D eigenvalue weighted by Gasteiger charge is -2.26. The zero-order chi connectivity index (χ0) is 34.2. The van der Waals surface area contributed by atoms with Crippen molar-refractivity contribution in [1.82, 2.24) is 0 Å². The van der Waals surface area contributed by atoms with E-state index in [4.69, 9.17) is 8.83 Å². The quantitative estimate of drug-likeness (QED) is 0.181. The van der Waals surface area contributed by atoms with Gasteiger partial charge >= 0.3 is 0 Å². The van der Waals surface area contributed by atoms with E-state index in [1.165, 1.54) is 31.3 Å². The second kappa shape index (κ2) is 11.5. The molecule has 3 aromatic heterocycles. The average molecular weight is 684 g/mol. The number of thiophene rings is 1. The first-order valence-electron chi connectivity index (χ1n) is 17.5. The van der Waals surface area contributed by atoms with Gasteiger partial charge in [0, 0.05) is 47.6 Å². The van der Waals surface area contributed by atoms with Gasteiger partial charge in [0.2, 0.25) is 0 Å². The molecule has 11 aromatic rings. The Balaban J connectivity index is 1.18. The smallest absolute Gasteiger partial charge is 0.159 e. The molecule has 11 rings (SSSR count). The molecule has 0 N–H and O–H groups in total. The molecular formula is C48H29NO2S. The van der Waals surface area contributed by atoms with Crippen LogP contribution in [0.15, 0.2) is 185 Å². The molecule has 0 amide bonds. The van der Waals surface area contributed by atoms with Crippen LogP contribution in [-0.2, 0) is 0 Å². The molecule has 3 heterocycles. The summed E-state index contributed by atoms with van der Waals surface area (Å²) < 4.78 is 15.9. The molecule has 0 aliphatic rings. The number of hydrogen-bond acceptors (Lipinski definition) is 4. The molecule has 3 nitrogen and oxygen atoms in total. The van der Waals surface area contributed by atoms with Crippen molar-refractivity contribution >= 4 is 92.4 Å². The molecule has 0 aliphatic carbocycles. The fourth-order valence-electron chi connectivity index (χ4n) is 7.89. The van der Waals surface area contributed by atoms with Gasteiger partial charge in [-0.3, -0.25) is 0 Å². The van der Waals surface area contributed by atoms with Crippen LogP contribution in [0, 0.1) is 0 Å². The van der Waals surface area contributed by atoms with Gasteiger partial charge in [-0.25, -0.2) is 0 Å². The van der Waals surface area contributed by atoms with E-state index in [9.17, 15) is 0 Å². The standard InChI is InChI=1S/C48H29NO2S/c1-3-12-30(13-4-1)32-24-26-35-36-27-25-33(29-45(36)52-44(35)28-32)49(40-20-11-23-43-46(40)39-16-7-8-22-42(39)50-43)41-21-10-19-38-37-18-9-17-34(47(37)51-48(38)41)31-14-5-2-6-15-31/h1-29H. The molecule has 0 unspecified atom stereocenters. The highest BCUT2D eigenvalue weighted by molar-refractivity contribution is 7.25. The Labute approximate surface area is 303 Å². The maximum atomic E-state index is 7.00. The van der Waals surface area contributed by atoms with E-state index in [1.807, 2.05) is 29.5 Å². The van der Waals surface area contributed by atoms with Crippen molar-refractivity contribution < 1.29 is 8.83 Å². The summed E-state index contributed by atoms with van der Waals surface area (Å²) in [4.78, 5) is 2.36. The van der Waals surface area contributed by atoms with Gasteiger partial charge in [0.05, 0.1) is 16.8 Å². The van der Waals surface area contributed by atoms with Crippen LogP contribution in [0.2, 0.25) is 0 Å². The van der Waals surface area contributed by atoms with Crippen molar-refractivity contribution in [3.05, 3.63) is 176 Å². The third-order valence-corrected chi connectivity index (χ3v) is 11.4. The molecular weight excluding hydrogens is 655 g/mol. The molecule has 0 spiro atoms. The van der Waals surface area contributed by atoms with Gasteiger partial charge in [-0.2, -0.15) is 0 Å². The van der Waals surface area contributed by atoms with Crippen LogP contribution in [0.3, 0.4) is 0 Å². The Morgan fingerprint density at radius 3 is 1.87 bits per heavy atom. The number of rotatable bonds is 5. The van der Waals surface area contributed by atoms with Crippen molar-refractivity contribution in [1.29, 1.82) is 0 Å². The third kappa shape index (κ3) is 4.45. The van der Waals surface area contributed by atoms with Crippen LogP contribution in [0.25, 0.3) is 86.3 Å². The zero-order valence-corrected chi connectivity index (χ0v) is 28.7. The average Bonchev–Trinajstić information content (AvgIpc) is 3.90. The van der Waals surface area contributed by atoms with E-state index >= 15 is 0 Å². The third-order valence-electron chi connectivity index (χ3n) is 10.3. The number of fused-ring (bicyclic) bond motifs is 9. The second-order valence-electron chi connectivity index (χ2n) is 13.2. The Morgan fingerprint density at radius 2 is 1.02 bits per heavy atom. The molecule has 8 aromatic carbocycles. The highest BCUT2D eigenvalue weighted by Gasteiger charge is 2.24. The number of benzene rings is 8. The number of nitrogens with zero attached hydrogens (tertiary/aromatic N) is 1. The summed E-state index contributed by atoms with van der Waals surface area (Å²) in [5.41, 5.74) is 11.2. The highest BCUT2D eigenvalue weighted by Crippen LogP contribution is 2.48. The molecule has 0 bridgehead atoms. The van der Waals surface area contributed by atoms with Gasteiger partial charge < -0.3 is 13.7 Å². The number of anilines is 3. The number of hydrogen-bond donors (Lipinski definition) is 0. The molecule has 4 heteroatoms. The minimum Gasteiger partial charge on any atom is -0.456 e. The Morgan fingerprint density at radius 1 is 0.385 bits per heavy atom. The Bertz CT molecular complexity index is 3130. The highest BCUT2D eigenvalue weighted by atomic mass is 32.1. The summed E-state index contributed by atoms with van der Waals surface area (Å²) in [6.07, 6.45) is 0. The fourth-order valence-corrected chi connectivity index (χ4v) is 9.07. The summed E-state index contributed by atoms with van der Waals surface area (Å²) in [5.74, 6) is 0. The minimum atomic E-state index is 0.842. The van der Waals surface area contributed by atoms with Gasteiger partial charge in [-0.1, -0.05) is 133 Å². The SMILES string of the molecule is c1ccc(-c2ccc3c(c2)sc2cc(N(c4cccc5c4oc4c(-c6ccccc6)cccc45)c4cccc5oc6ccccc6c45)ccc23)cc1. The van der Waals surface area contributed by atoms with E-state index in [1.54, 1.807) is 0 Å². The maximum absolute atomic E-state index is 7.00. The molecule has 0 saturated heterocycles. The van der Waals surface area contributed by atoms with Gasteiger partial charge in [-0.15, -0.1) is 11.3 Å². The summed E-state index contributed by atoms with van der Waals surface area (Å²) in [6, 6.07) is 62.4. The van der Waals surface area contributed by atoms with Crippen molar-refractivity contribution in [2.75, 3.05) is 4.90 Å². The van der Waals surface area contributed by atoms with Gasteiger partial charge in [-0.05, 0) is 59.2 Å². The van der Waals surface area contributed by atoms with Crippen molar-refractivity contribution in [2.45, 2.75) is 0 Å². The van der Waals surface area contributed by atoms with E-state index in [0.717, 1.165) is 72.1 Å². The first-order chi connectivity index (χ1) is 25.8. The molecule has 244 valence electrons. The predicted molar refractivity (Wildman–Crippen MR) is 219 cm³/mol. The molecule has 0 saturated carbocycles. The maximum Gasteiger partial charge on any atom is 0.159 e. The van der Waals surface area contributed by atoms with Crippen molar-refractivity contribution in [3.8, 4) is 22.3 Å². The van der Waals surface area contributed by atoms with E-state index in [-0.39, 0.29) is 0 Å². The topological polar surface area (TPSA) is 29.5 Å². The first-order valence-corrected chi connectivity index (χ1v) is 18.3. The largest absolute Gasteiger partial charge is 0.456 e. The van der Waals surface area contributed by atoms with Gasteiger partial charge in [0.1, 0.15) is 16.7 Å². The van der Waals surface area contributed by atoms with Crippen LogP contribution >= 0.6 is 11.3 Å².